The van der Waals surface area contributed by atoms with E-state index in [0.717, 1.165) is 29.8 Å². The summed E-state index contributed by atoms with van der Waals surface area (Å²) in [5.74, 6) is 0.233. The lowest BCUT2D eigenvalue weighted by Gasteiger charge is -2.32. The van der Waals surface area contributed by atoms with E-state index in [0.29, 0.717) is 23.9 Å². The lowest BCUT2D eigenvalue weighted by atomic mass is 9.98. The quantitative estimate of drug-likeness (QED) is 0.835. The molecular weight excluding hydrogens is 332 g/mol. The number of thiophene rings is 1. The topological polar surface area (TPSA) is 49.4 Å². The van der Waals surface area contributed by atoms with Gasteiger partial charge >= 0.3 is 0 Å². The Kier molecular flexibility index (Phi) is 5.66. The molecule has 0 radical (unpaired) electrons. The monoisotopic (exact) mass is 354 g/mol. The van der Waals surface area contributed by atoms with Crippen molar-refractivity contribution >= 4 is 23.2 Å². The number of likely N-dealkylation sites (tertiary alicyclic amines) is 1. The molecule has 2 amide bonds. The van der Waals surface area contributed by atoms with Crippen LogP contribution in [0.5, 0.6) is 0 Å². The summed E-state index contributed by atoms with van der Waals surface area (Å²) >= 11 is 1.50. The number of carbonyl (C=O) groups is 2. The number of hydrogen-bond donors (Lipinski definition) is 1. The smallest absolute Gasteiger partial charge is 0.261 e. The zero-order valence-corrected chi connectivity index (χ0v) is 14.9. The number of hydrogen-bond acceptors (Lipinski definition) is 3. The van der Waals surface area contributed by atoms with Crippen LogP contribution in [-0.2, 0) is 4.79 Å². The molecule has 1 aromatic heterocycles. The van der Waals surface area contributed by atoms with Gasteiger partial charge in [-0.2, -0.15) is 0 Å². The van der Waals surface area contributed by atoms with Crippen molar-refractivity contribution in [2.24, 2.45) is 5.92 Å². The van der Waals surface area contributed by atoms with Gasteiger partial charge in [0.25, 0.3) is 5.91 Å². The lowest BCUT2D eigenvalue weighted by molar-refractivity contribution is -0.127. The third-order valence-corrected chi connectivity index (χ3v) is 5.58. The fraction of sp³-hybridized carbons (Fsp3) is 0.300. The van der Waals surface area contributed by atoms with Crippen molar-refractivity contribution < 1.29 is 9.59 Å². The summed E-state index contributed by atoms with van der Waals surface area (Å²) in [4.78, 5) is 27.8. The molecule has 5 heteroatoms. The predicted octanol–water partition coefficient (Wildman–Crippen LogP) is 3.57. The maximum Gasteiger partial charge on any atom is 0.261 e. The SMILES string of the molecule is C=CC(=O)N1CCC[C@@H](CNC(=O)c2ccc(-c3ccccc3)s2)C1. The van der Waals surface area contributed by atoms with E-state index in [1.54, 1.807) is 0 Å². The number of carbonyl (C=O) groups excluding carboxylic acids is 2. The molecular formula is C20H22N2O2S. The highest BCUT2D eigenvalue weighted by Gasteiger charge is 2.23. The molecule has 1 saturated heterocycles. The molecule has 1 fully saturated rings. The minimum Gasteiger partial charge on any atom is -0.351 e. The van der Waals surface area contributed by atoms with Crippen LogP contribution in [0.15, 0.2) is 55.1 Å². The molecule has 1 atom stereocenters. The fourth-order valence-corrected chi connectivity index (χ4v) is 4.03. The molecule has 0 spiro atoms. The number of nitrogens with zero attached hydrogens (tertiary/aromatic N) is 1. The number of piperidine rings is 1. The summed E-state index contributed by atoms with van der Waals surface area (Å²) < 4.78 is 0. The van der Waals surface area contributed by atoms with Crippen LogP contribution in [-0.4, -0.2) is 36.3 Å². The van der Waals surface area contributed by atoms with Crippen molar-refractivity contribution in [1.29, 1.82) is 0 Å². The van der Waals surface area contributed by atoms with Crippen molar-refractivity contribution in [3.8, 4) is 10.4 Å². The third-order valence-electron chi connectivity index (χ3n) is 4.44. The second-order valence-corrected chi connectivity index (χ2v) is 7.32. The van der Waals surface area contributed by atoms with E-state index < -0.39 is 0 Å². The van der Waals surface area contributed by atoms with Crippen molar-refractivity contribution in [2.75, 3.05) is 19.6 Å². The van der Waals surface area contributed by atoms with Gasteiger partial charge < -0.3 is 10.2 Å². The highest BCUT2D eigenvalue weighted by Crippen LogP contribution is 2.27. The maximum absolute atomic E-state index is 12.4. The predicted molar refractivity (Wildman–Crippen MR) is 102 cm³/mol. The maximum atomic E-state index is 12.4. The van der Waals surface area contributed by atoms with Gasteiger partial charge in [0, 0.05) is 24.5 Å². The van der Waals surface area contributed by atoms with Crippen LogP contribution >= 0.6 is 11.3 Å². The van der Waals surface area contributed by atoms with E-state index >= 15 is 0 Å². The highest BCUT2D eigenvalue weighted by atomic mass is 32.1. The molecule has 3 rings (SSSR count). The van der Waals surface area contributed by atoms with Gasteiger partial charge in [-0.15, -0.1) is 11.3 Å². The van der Waals surface area contributed by atoms with Crippen molar-refractivity contribution in [2.45, 2.75) is 12.8 Å². The molecule has 1 aliphatic heterocycles. The first-order chi connectivity index (χ1) is 12.2. The van der Waals surface area contributed by atoms with Crippen molar-refractivity contribution in [1.82, 2.24) is 10.2 Å². The van der Waals surface area contributed by atoms with E-state index in [1.807, 2.05) is 47.4 Å². The molecule has 2 heterocycles. The van der Waals surface area contributed by atoms with E-state index in [2.05, 4.69) is 11.9 Å². The molecule has 1 aliphatic rings. The first-order valence-electron chi connectivity index (χ1n) is 8.52. The Balaban J connectivity index is 1.55. The van der Waals surface area contributed by atoms with Crippen LogP contribution in [0.1, 0.15) is 22.5 Å². The second-order valence-electron chi connectivity index (χ2n) is 6.24. The molecule has 25 heavy (non-hydrogen) atoms. The first kappa shape index (κ1) is 17.4. The van der Waals surface area contributed by atoms with Crippen LogP contribution in [0.4, 0.5) is 0 Å². The number of amides is 2. The Labute approximate surface area is 152 Å². The average Bonchev–Trinajstić information content (AvgIpc) is 3.17. The minimum atomic E-state index is -0.0423. The average molecular weight is 354 g/mol. The number of rotatable bonds is 5. The first-order valence-corrected chi connectivity index (χ1v) is 9.34. The van der Waals surface area contributed by atoms with Crippen molar-refractivity contribution in [3.05, 3.63) is 60.0 Å². The summed E-state index contributed by atoms with van der Waals surface area (Å²) in [6, 6.07) is 13.9. The van der Waals surface area contributed by atoms with Gasteiger partial charge in [-0.25, -0.2) is 0 Å². The van der Waals surface area contributed by atoms with E-state index in [1.165, 1.54) is 17.4 Å². The Bertz CT molecular complexity index is 754. The summed E-state index contributed by atoms with van der Waals surface area (Å²) in [5.41, 5.74) is 1.12. The Morgan fingerprint density at radius 1 is 1.24 bits per heavy atom. The van der Waals surface area contributed by atoms with Crippen LogP contribution < -0.4 is 5.32 Å². The highest BCUT2D eigenvalue weighted by molar-refractivity contribution is 7.17. The number of nitrogens with one attached hydrogen (secondary N) is 1. The molecule has 0 unspecified atom stereocenters. The van der Waals surface area contributed by atoms with Crippen LogP contribution in [0.2, 0.25) is 0 Å². The van der Waals surface area contributed by atoms with Crippen LogP contribution in [0, 0.1) is 5.92 Å². The summed E-state index contributed by atoms with van der Waals surface area (Å²) in [5, 5.41) is 3.02. The second kappa shape index (κ2) is 8.12. The molecule has 0 saturated carbocycles. The molecule has 4 nitrogen and oxygen atoms in total. The van der Waals surface area contributed by atoms with Crippen molar-refractivity contribution in [3.63, 3.8) is 0 Å². The van der Waals surface area contributed by atoms with E-state index in [4.69, 9.17) is 0 Å². The van der Waals surface area contributed by atoms with Gasteiger partial charge in [0.05, 0.1) is 4.88 Å². The lowest BCUT2D eigenvalue weighted by Crippen LogP contribution is -2.43. The zero-order valence-electron chi connectivity index (χ0n) is 14.1. The molecule has 0 bridgehead atoms. The minimum absolute atomic E-state index is 0.0261. The third kappa shape index (κ3) is 4.37. The van der Waals surface area contributed by atoms with Gasteiger partial charge in [0.1, 0.15) is 0 Å². The molecule has 130 valence electrons. The normalized spacial score (nSPS) is 17.1. The van der Waals surface area contributed by atoms with Gasteiger partial charge in [-0.1, -0.05) is 36.9 Å². The summed E-state index contributed by atoms with van der Waals surface area (Å²) in [7, 11) is 0. The fourth-order valence-electron chi connectivity index (χ4n) is 3.10. The molecule has 2 aromatic rings. The summed E-state index contributed by atoms with van der Waals surface area (Å²) in [6.07, 6.45) is 3.36. The van der Waals surface area contributed by atoms with E-state index in [-0.39, 0.29) is 11.8 Å². The zero-order chi connectivity index (χ0) is 17.6. The van der Waals surface area contributed by atoms with E-state index in [9.17, 15) is 9.59 Å². The molecule has 1 aromatic carbocycles. The van der Waals surface area contributed by atoms with Gasteiger partial charge in [0.15, 0.2) is 0 Å². The number of benzene rings is 1. The van der Waals surface area contributed by atoms with Gasteiger partial charge in [0.2, 0.25) is 5.91 Å². The van der Waals surface area contributed by atoms with Crippen LogP contribution in [0.3, 0.4) is 0 Å². The standard InChI is InChI=1S/C20H22N2O2S/c1-2-19(23)22-12-6-7-15(14-22)13-21-20(24)18-11-10-17(25-18)16-8-4-3-5-9-16/h2-5,8-11,15H,1,6-7,12-14H2,(H,21,24)/t15-/m0/s1. The Morgan fingerprint density at radius 3 is 2.80 bits per heavy atom. The molecule has 0 aliphatic carbocycles. The Hall–Kier alpha value is -2.40. The van der Waals surface area contributed by atoms with Gasteiger partial charge in [-0.05, 0) is 42.5 Å². The van der Waals surface area contributed by atoms with Gasteiger partial charge in [-0.3, -0.25) is 9.59 Å². The van der Waals surface area contributed by atoms with Crippen LogP contribution in [0.25, 0.3) is 10.4 Å². The molecule has 1 N–H and O–H groups in total. The Morgan fingerprint density at radius 2 is 2.04 bits per heavy atom. The summed E-state index contributed by atoms with van der Waals surface area (Å²) in [6.45, 7) is 5.60. The largest absolute Gasteiger partial charge is 0.351 e.